The van der Waals surface area contributed by atoms with Crippen LogP contribution in [0.15, 0.2) is 72.8 Å². The van der Waals surface area contributed by atoms with E-state index in [2.05, 4.69) is 100 Å². The minimum Gasteiger partial charge on any atom is -0.405 e. The molecule has 152 valence electrons. The van der Waals surface area contributed by atoms with E-state index in [1.54, 1.807) is 0 Å². The van der Waals surface area contributed by atoms with Crippen LogP contribution in [-0.2, 0) is 4.43 Å². The van der Waals surface area contributed by atoms with Crippen molar-refractivity contribution < 1.29 is 4.43 Å². The molecule has 0 spiro atoms. The van der Waals surface area contributed by atoms with Gasteiger partial charge in [0, 0.05) is 6.10 Å². The van der Waals surface area contributed by atoms with Gasteiger partial charge in [-0.2, -0.15) is 0 Å². The lowest BCUT2D eigenvalue weighted by molar-refractivity contribution is 0.0431. The van der Waals surface area contributed by atoms with Crippen molar-refractivity contribution in [3.05, 3.63) is 72.8 Å². The summed E-state index contributed by atoms with van der Waals surface area (Å²) in [5.74, 6) is 2.06. The standard InChI is InChI=1S/C27H34OSi/c1-20(2)24-18-17-21(3)19-26(24)28-29(4,23-13-6-5-7-14-23)27-16-10-12-22-11-8-9-15-25(22)27/h5-16,20-21,24,26H,17-19H2,1-4H3. The summed E-state index contributed by atoms with van der Waals surface area (Å²) in [6.07, 6.45) is 4.15. The van der Waals surface area contributed by atoms with E-state index in [-0.39, 0.29) is 0 Å². The molecule has 2 heteroatoms. The van der Waals surface area contributed by atoms with Crippen LogP contribution in [0.5, 0.6) is 0 Å². The fourth-order valence-electron chi connectivity index (χ4n) is 5.24. The molecule has 4 atom stereocenters. The van der Waals surface area contributed by atoms with Gasteiger partial charge in [-0.25, -0.2) is 0 Å². The Bertz CT molecular complexity index is 946. The summed E-state index contributed by atoms with van der Waals surface area (Å²) in [4.78, 5) is 0. The van der Waals surface area contributed by atoms with Crippen LogP contribution in [0.2, 0.25) is 6.55 Å². The summed E-state index contributed by atoms with van der Waals surface area (Å²) in [7, 11) is -2.37. The van der Waals surface area contributed by atoms with E-state index in [1.807, 2.05) is 0 Å². The normalized spacial score (nSPS) is 24.5. The van der Waals surface area contributed by atoms with Gasteiger partial charge in [0.1, 0.15) is 0 Å². The minimum absolute atomic E-state index is 0.342. The predicted molar refractivity (Wildman–Crippen MR) is 127 cm³/mol. The zero-order valence-electron chi connectivity index (χ0n) is 18.3. The highest BCUT2D eigenvalue weighted by atomic mass is 28.4. The van der Waals surface area contributed by atoms with Crippen LogP contribution < -0.4 is 10.4 Å². The number of rotatable bonds is 5. The highest BCUT2D eigenvalue weighted by molar-refractivity contribution is 6.98. The van der Waals surface area contributed by atoms with Gasteiger partial charge >= 0.3 is 0 Å². The Morgan fingerprint density at radius 1 is 0.862 bits per heavy atom. The van der Waals surface area contributed by atoms with Crippen LogP contribution >= 0.6 is 0 Å². The lowest BCUT2D eigenvalue weighted by Gasteiger charge is -2.42. The SMILES string of the molecule is CC1CCC(C(C)C)C(O[Si](C)(c2ccccc2)c2cccc3ccccc23)C1. The van der Waals surface area contributed by atoms with Crippen LogP contribution in [0.4, 0.5) is 0 Å². The Labute approximate surface area is 177 Å². The first-order valence-electron chi connectivity index (χ1n) is 11.2. The Balaban J connectivity index is 1.84. The summed E-state index contributed by atoms with van der Waals surface area (Å²) in [5, 5.41) is 5.43. The molecule has 0 N–H and O–H groups in total. The smallest absolute Gasteiger partial charge is 0.253 e. The van der Waals surface area contributed by atoms with Crippen molar-refractivity contribution in [1.29, 1.82) is 0 Å². The van der Waals surface area contributed by atoms with Gasteiger partial charge in [0.15, 0.2) is 0 Å². The molecule has 0 heterocycles. The molecule has 1 aliphatic carbocycles. The molecule has 3 aromatic rings. The van der Waals surface area contributed by atoms with Crippen LogP contribution in [0.3, 0.4) is 0 Å². The van der Waals surface area contributed by atoms with E-state index in [0.717, 1.165) is 5.92 Å². The maximum Gasteiger partial charge on any atom is 0.253 e. The van der Waals surface area contributed by atoms with Crippen molar-refractivity contribution in [2.45, 2.75) is 52.7 Å². The Hall–Kier alpha value is -1.90. The molecular formula is C27H34OSi. The Morgan fingerprint density at radius 3 is 2.31 bits per heavy atom. The molecule has 1 nitrogen and oxygen atoms in total. The third-order valence-electron chi connectivity index (χ3n) is 6.98. The minimum atomic E-state index is -2.37. The van der Waals surface area contributed by atoms with E-state index in [9.17, 15) is 0 Å². The quantitative estimate of drug-likeness (QED) is 0.475. The van der Waals surface area contributed by atoms with Gasteiger partial charge in [-0.3, -0.25) is 0 Å². The molecule has 0 aromatic heterocycles. The summed E-state index contributed by atoms with van der Waals surface area (Å²) in [5.41, 5.74) is 0. The van der Waals surface area contributed by atoms with E-state index in [1.165, 1.54) is 40.4 Å². The molecule has 0 radical (unpaired) electrons. The topological polar surface area (TPSA) is 9.23 Å². The molecule has 0 saturated heterocycles. The average Bonchev–Trinajstić information content (AvgIpc) is 2.73. The molecule has 29 heavy (non-hydrogen) atoms. The van der Waals surface area contributed by atoms with Gasteiger partial charge in [0.2, 0.25) is 0 Å². The van der Waals surface area contributed by atoms with E-state index in [0.29, 0.717) is 17.9 Å². The lowest BCUT2D eigenvalue weighted by Crippen LogP contribution is -2.61. The lowest BCUT2D eigenvalue weighted by atomic mass is 9.75. The fourth-order valence-corrected chi connectivity index (χ4v) is 8.67. The Kier molecular flexibility index (Phi) is 5.94. The van der Waals surface area contributed by atoms with Crippen molar-refractivity contribution >= 4 is 29.5 Å². The summed E-state index contributed by atoms with van der Waals surface area (Å²) < 4.78 is 7.34. The van der Waals surface area contributed by atoms with Crippen LogP contribution in [0.25, 0.3) is 10.8 Å². The largest absolute Gasteiger partial charge is 0.405 e. The van der Waals surface area contributed by atoms with Crippen molar-refractivity contribution in [2.24, 2.45) is 17.8 Å². The maximum atomic E-state index is 7.34. The molecule has 0 aliphatic heterocycles. The van der Waals surface area contributed by atoms with Gasteiger partial charge < -0.3 is 4.43 Å². The fraction of sp³-hybridized carbons (Fsp3) is 0.407. The third kappa shape index (κ3) is 4.06. The molecule has 1 aliphatic rings. The number of fused-ring (bicyclic) bond motifs is 1. The molecule has 3 aromatic carbocycles. The summed E-state index contributed by atoms with van der Waals surface area (Å²) >= 11 is 0. The van der Waals surface area contributed by atoms with E-state index in [4.69, 9.17) is 4.43 Å². The van der Waals surface area contributed by atoms with Crippen LogP contribution in [0.1, 0.15) is 40.0 Å². The van der Waals surface area contributed by atoms with Crippen molar-refractivity contribution in [3.8, 4) is 0 Å². The predicted octanol–water partition coefficient (Wildman–Crippen LogP) is 6.01. The first kappa shape index (κ1) is 20.4. The number of hydrogen-bond donors (Lipinski definition) is 0. The maximum absolute atomic E-state index is 7.34. The molecule has 0 bridgehead atoms. The monoisotopic (exact) mass is 402 g/mol. The van der Waals surface area contributed by atoms with Crippen molar-refractivity contribution in [2.75, 3.05) is 0 Å². The zero-order valence-corrected chi connectivity index (χ0v) is 19.3. The zero-order chi connectivity index (χ0) is 20.4. The average molecular weight is 403 g/mol. The second-order valence-corrected chi connectivity index (χ2v) is 12.8. The highest BCUT2D eigenvalue weighted by Crippen LogP contribution is 2.37. The number of hydrogen-bond acceptors (Lipinski definition) is 1. The van der Waals surface area contributed by atoms with E-state index < -0.39 is 8.32 Å². The molecule has 1 fully saturated rings. The Morgan fingerprint density at radius 2 is 1.55 bits per heavy atom. The summed E-state index contributed by atoms with van der Waals surface area (Å²) in [6, 6.07) is 26.5. The van der Waals surface area contributed by atoms with Crippen LogP contribution in [-0.4, -0.2) is 14.4 Å². The first-order chi connectivity index (χ1) is 14.0. The van der Waals surface area contributed by atoms with Crippen LogP contribution in [0, 0.1) is 17.8 Å². The van der Waals surface area contributed by atoms with Gasteiger partial charge in [0.05, 0.1) is 0 Å². The van der Waals surface area contributed by atoms with Crippen molar-refractivity contribution in [3.63, 3.8) is 0 Å². The molecule has 0 amide bonds. The van der Waals surface area contributed by atoms with Gasteiger partial charge in [-0.1, -0.05) is 100.0 Å². The third-order valence-corrected chi connectivity index (χ3v) is 10.6. The highest BCUT2D eigenvalue weighted by Gasteiger charge is 2.42. The second kappa shape index (κ2) is 8.45. The van der Waals surface area contributed by atoms with Gasteiger partial charge in [-0.15, -0.1) is 0 Å². The van der Waals surface area contributed by atoms with E-state index >= 15 is 0 Å². The molecule has 4 unspecified atom stereocenters. The second-order valence-electron chi connectivity index (χ2n) is 9.41. The molecular weight excluding hydrogens is 368 g/mol. The van der Waals surface area contributed by atoms with Gasteiger partial charge in [-0.05, 0) is 58.3 Å². The molecule has 4 rings (SSSR count). The van der Waals surface area contributed by atoms with Crippen molar-refractivity contribution in [1.82, 2.24) is 0 Å². The summed E-state index contributed by atoms with van der Waals surface area (Å²) in [6.45, 7) is 9.56. The first-order valence-corrected chi connectivity index (χ1v) is 13.6. The van der Waals surface area contributed by atoms with Gasteiger partial charge in [0.25, 0.3) is 8.32 Å². The number of benzene rings is 3. The molecule has 1 saturated carbocycles.